The fraction of sp³-hybridized carbons (Fsp3) is 0.188. The maximum absolute atomic E-state index is 13.2. The van der Waals surface area contributed by atoms with E-state index in [9.17, 15) is 14.5 Å². The maximum Gasteiger partial charge on any atom is 0.270 e. The van der Waals surface area contributed by atoms with E-state index in [1.807, 2.05) is 12.1 Å². The van der Waals surface area contributed by atoms with Gasteiger partial charge in [-0.2, -0.15) is 5.26 Å². The van der Waals surface area contributed by atoms with Crippen molar-refractivity contribution in [2.24, 2.45) is 0 Å². The molecular formula is C16H12FN3O2. The summed E-state index contributed by atoms with van der Waals surface area (Å²) in [5.74, 6) is -0.0753. The number of benzene rings is 2. The van der Waals surface area contributed by atoms with E-state index in [-0.39, 0.29) is 29.0 Å². The molecule has 2 aromatic carbocycles. The van der Waals surface area contributed by atoms with Crippen LogP contribution in [0.5, 0.6) is 0 Å². The Hall–Kier alpha value is -2.94. The van der Waals surface area contributed by atoms with Crippen molar-refractivity contribution in [3.63, 3.8) is 0 Å². The summed E-state index contributed by atoms with van der Waals surface area (Å²) in [6.07, 6.45) is 0.839. The standard InChI is InChI=1S/C16H12FN3O2/c17-12-3-1-2-10(6-12)14-8-16(14)19-15-5-4-13(20(21)22)7-11(15)9-18/h1-7,14,16,19H,8H2/t14-,16+/m0/s1. The van der Waals surface area contributed by atoms with Crippen LogP contribution < -0.4 is 5.32 Å². The number of hydrogen-bond donors (Lipinski definition) is 1. The van der Waals surface area contributed by atoms with Crippen LogP contribution in [0.4, 0.5) is 15.8 Å². The van der Waals surface area contributed by atoms with E-state index < -0.39 is 4.92 Å². The van der Waals surface area contributed by atoms with E-state index in [4.69, 9.17) is 5.26 Å². The van der Waals surface area contributed by atoms with E-state index in [1.165, 1.54) is 30.3 Å². The zero-order valence-electron chi connectivity index (χ0n) is 11.5. The molecule has 0 saturated heterocycles. The first-order chi connectivity index (χ1) is 10.6. The predicted octanol–water partition coefficient (Wildman–Crippen LogP) is 3.57. The van der Waals surface area contributed by atoms with Crippen LogP contribution in [0.3, 0.4) is 0 Å². The van der Waals surface area contributed by atoms with Crippen molar-refractivity contribution >= 4 is 11.4 Å². The molecule has 2 atom stereocenters. The van der Waals surface area contributed by atoms with Crippen molar-refractivity contribution in [1.82, 2.24) is 0 Å². The molecule has 1 aliphatic rings. The molecule has 0 aliphatic heterocycles. The van der Waals surface area contributed by atoms with Gasteiger partial charge in [-0.3, -0.25) is 10.1 Å². The summed E-state index contributed by atoms with van der Waals surface area (Å²) in [5.41, 5.74) is 1.61. The van der Waals surface area contributed by atoms with E-state index in [1.54, 1.807) is 6.07 Å². The number of nitrogens with one attached hydrogen (secondary N) is 1. The van der Waals surface area contributed by atoms with Gasteiger partial charge in [-0.25, -0.2) is 4.39 Å². The SMILES string of the molecule is N#Cc1cc([N+](=O)[O-])ccc1N[C@@H]1C[C@H]1c1cccc(F)c1. The summed E-state index contributed by atoms with van der Waals surface area (Å²) in [7, 11) is 0. The molecule has 1 saturated carbocycles. The molecule has 110 valence electrons. The first kappa shape index (κ1) is 14.0. The van der Waals surface area contributed by atoms with E-state index in [0.29, 0.717) is 5.69 Å². The highest BCUT2D eigenvalue weighted by molar-refractivity contribution is 5.62. The van der Waals surface area contributed by atoms with Crippen LogP contribution >= 0.6 is 0 Å². The Morgan fingerprint density at radius 1 is 1.32 bits per heavy atom. The highest BCUT2D eigenvalue weighted by Gasteiger charge is 2.38. The number of nitriles is 1. The fourth-order valence-electron chi connectivity index (χ4n) is 2.52. The first-order valence-electron chi connectivity index (χ1n) is 6.79. The highest BCUT2D eigenvalue weighted by Crippen LogP contribution is 2.43. The van der Waals surface area contributed by atoms with Gasteiger partial charge in [0.2, 0.25) is 0 Å². The Bertz CT molecular complexity index is 785. The fourth-order valence-corrected chi connectivity index (χ4v) is 2.52. The average molecular weight is 297 g/mol. The minimum Gasteiger partial charge on any atom is -0.381 e. The van der Waals surface area contributed by atoms with Crippen LogP contribution in [0.25, 0.3) is 0 Å². The second-order valence-electron chi connectivity index (χ2n) is 5.25. The van der Waals surface area contributed by atoms with E-state index in [0.717, 1.165) is 12.0 Å². The third kappa shape index (κ3) is 2.74. The summed E-state index contributed by atoms with van der Waals surface area (Å²) < 4.78 is 13.2. The van der Waals surface area contributed by atoms with Crippen molar-refractivity contribution in [1.29, 1.82) is 5.26 Å². The normalized spacial score (nSPS) is 19.3. The van der Waals surface area contributed by atoms with E-state index in [2.05, 4.69) is 5.32 Å². The molecule has 2 aromatic rings. The third-order valence-corrected chi connectivity index (χ3v) is 3.74. The zero-order valence-corrected chi connectivity index (χ0v) is 11.5. The van der Waals surface area contributed by atoms with Gasteiger partial charge in [0, 0.05) is 24.1 Å². The van der Waals surface area contributed by atoms with Crippen molar-refractivity contribution in [2.75, 3.05) is 5.32 Å². The van der Waals surface area contributed by atoms with E-state index >= 15 is 0 Å². The lowest BCUT2D eigenvalue weighted by atomic mass is 10.1. The van der Waals surface area contributed by atoms with Gasteiger partial charge in [-0.05, 0) is 30.2 Å². The maximum atomic E-state index is 13.2. The van der Waals surface area contributed by atoms with Crippen molar-refractivity contribution in [2.45, 2.75) is 18.4 Å². The second kappa shape index (κ2) is 5.45. The Morgan fingerprint density at radius 2 is 2.14 bits per heavy atom. The molecule has 22 heavy (non-hydrogen) atoms. The summed E-state index contributed by atoms with van der Waals surface area (Å²) in [6.45, 7) is 0. The molecular weight excluding hydrogens is 285 g/mol. The van der Waals surface area contributed by atoms with Gasteiger partial charge in [0.25, 0.3) is 5.69 Å². The molecule has 5 nitrogen and oxygen atoms in total. The van der Waals surface area contributed by atoms with Gasteiger partial charge < -0.3 is 5.32 Å². The lowest BCUT2D eigenvalue weighted by Gasteiger charge is -2.08. The lowest BCUT2D eigenvalue weighted by Crippen LogP contribution is -2.06. The van der Waals surface area contributed by atoms with Gasteiger partial charge in [-0.1, -0.05) is 12.1 Å². The Morgan fingerprint density at radius 3 is 2.82 bits per heavy atom. The number of anilines is 1. The van der Waals surface area contributed by atoms with Crippen LogP contribution in [0.15, 0.2) is 42.5 Å². The molecule has 6 heteroatoms. The number of hydrogen-bond acceptors (Lipinski definition) is 4. The quantitative estimate of drug-likeness (QED) is 0.691. The van der Waals surface area contributed by atoms with Gasteiger partial charge in [0.1, 0.15) is 11.9 Å². The van der Waals surface area contributed by atoms with Gasteiger partial charge in [-0.15, -0.1) is 0 Å². The van der Waals surface area contributed by atoms with Crippen LogP contribution in [0.1, 0.15) is 23.5 Å². The highest BCUT2D eigenvalue weighted by atomic mass is 19.1. The van der Waals surface area contributed by atoms with Gasteiger partial charge in [0.15, 0.2) is 0 Å². The monoisotopic (exact) mass is 297 g/mol. The average Bonchev–Trinajstić information content (AvgIpc) is 3.26. The number of halogens is 1. The number of rotatable bonds is 4. The Labute approximate surface area is 126 Å². The third-order valence-electron chi connectivity index (χ3n) is 3.74. The molecule has 3 rings (SSSR count). The van der Waals surface area contributed by atoms with Crippen molar-refractivity contribution in [3.05, 3.63) is 69.5 Å². The molecule has 0 amide bonds. The van der Waals surface area contributed by atoms with Gasteiger partial charge in [0.05, 0.1) is 16.2 Å². The van der Waals surface area contributed by atoms with Crippen molar-refractivity contribution < 1.29 is 9.31 Å². The number of nitro groups is 1. The Balaban J connectivity index is 1.75. The molecule has 0 radical (unpaired) electrons. The first-order valence-corrected chi connectivity index (χ1v) is 6.79. The molecule has 1 N–H and O–H groups in total. The lowest BCUT2D eigenvalue weighted by molar-refractivity contribution is -0.384. The summed E-state index contributed by atoms with van der Waals surface area (Å²) in [5, 5.41) is 23.0. The van der Waals surface area contributed by atoms with Gasteiger partial charge >= 0.3 is 0 Å². The summed E-state index contributed by atoms with van der Waals surface area (Å²) >= 11 is 0. The van der Waals surface area contributed by atoms with Crippen LogP contribution in [0.2, 0.25) is 0 Å². The smallest absolute Gasteiger partial charge is 0.270 e. The molecule has 0 aromatic heterocycles. The number of non-ortho nitro benzene ring substituents is 1. The van der Waals surface area contributed by atoms with Crippen LogP contribution in [0, 0.1) is 27.3 Å². The Kier molecular flexibility index (Phi) is 3.47. The summed E-state index contributed by atoms with van der Waals surface area (Å²) in [6, 6.07) is 12.7. The molecule has 1 fully saturated rings. The summed E-state index contributed by atoms with van der Waals surface area (Å²) in [4.78, 5) is 10.2. The minimum absolute atomic E-state index is 0.107. The number of nitrogens with zero attached hydrogens (tertiary/aromatic N) is 2. The van der Waals surface area contributed by atoms with Crippen LogP contribution in [-0.2, 0) is 0 Å². The minimum atomic E-state index is -0.530. The molecule has 0 heterocycles. The largest absolute Gasteiger partial charge is 0.381 e. The predicted molar refractivity (Wildman–Crippen MR) is 79.0 cm³/mol. The molecule has 0 unspecified atom stereocenters. The molecule has 0 bridgehead atoms. The molecule has 1 aliphatic carbocycles. The second-order valence-corrected chi connectivity index (χ2v) is 5.25. The van der Waals surface area contributed by atoms with Crippen molar-refractivity contribution in [3.8, 4) is 6.07 Å². The topological polar surface area (TPSA) is 79.0 Å². The number of nitro benzene ring substituents is 1. The van der Waals surface area contributed by atoms with Crippen LogP contribution in [-0.4, -0.2) is 11.0 Å². The zero-order chi connectivity index (χ0) is 15.7. The molecule has 0 spiro atoms.